The third-order valence-electron chi connectivity index (χ3n) is 4.09. The first kappa shape index (κ1) is 15.8. The summed E-state index contributed by atoms with van der Waals surface area (Å²) in [6.07, 6.45) is 15.0. The van der Waals surface area contributed by atoms with E-state index in [0.29, 0.717) is 0 Å². The molecule has 2 rings (SSSR count). The molecule has 0 saturated carbocycles. The van der Waals surface area contributed by atoms with Crippen LogP contribution in [0.15, 0.2) is 54.6 Å². The summed E-state index contributed by atoms with van der Waals surface area (Å²) in [4.78, 5) is 0. The van der Waals surface area contributed by atoms with E-state index in [2.05, 4.69) is 61.5 Å². The van der Waals surface area contributed by atoms with Crippen LogP contribution < -0.4 is 0 Å². The lowest BCUT2D eigenvalue weighted by atomic mass is 9.99. The summed E-state index contributed by atoms with van der Waals surface area (Å²) in [7, 11) is 0. The Morgan fingerprint density at radius 2 is 1.52 bits per heavy atom. The van der Waals surface area contributed by atoms with Crippen LogP contribution in [0.1, 0.15) is 57.4 Å². The molecule has 0 spiro atoms. The first-order valence-corrected chi connectivity index (χ1v) is 8.53. The van der Waals surface area contributed by atoms with E-state index in [9.17, 15) is 0 Å². The van der Waals surface area contributed by atoms with E-state index in [1.807, 2.05) is 0 Å². The fourth-order valence-electron chi connectivity index (χ4n) is 2.82. The number of rotatable bonds is 9. The lowest BCUT2D eigenvalue weighted by Gasteiger charge is -2.06. The van der Waals surface area contributed by atoms with Crippen LogP contribution >= 0.6 is 0 Å². The van der Waals surface area contributed by atoms with E-state index in [-0.39, 0.29) is 0 Å². The van der Waals surface area contributed by atoms with Crippen molar-refractivity contribution in [1.82, 2.24) is 0 Å². The molecule has 0 amide bonds. The van der Waals surface area contributed by atoms with Crippen LogP contribution in [0.3, 0.4) is 0 Å². The Kier molecular flexibility index (Phi) is 7.07. The van der Waals surface area contributed by atoms with Crippen LogP contribution in [0.4, 0.5) is 0 Å². The molecule has 0 N–H and O–H groups in total. The van der Waals surface area contributed by atoms with Gasteiger partial charge in [-0.3, -0.25) is 0 Å². The molecule has 0 radical (unpaired) electrons. The Morgan fingerprint density at radius 3 is 2.38 bits per heavy atom. The van der Waals surface area contributed by atoms with E-state index in [4.69, 9.17) is 0 Å². The number of hydrogen-bond donors (Lipinski definition) is 0. The maximum Gasteiger partial charge on any atom is -0.0152 e. The predicted octanol–water partition coefficient (Wildman–Crippen LogP) is 6.69. The molecule has 0 saturated heterocycles. The molecule has 0 heteroatoms. The molecule has 0 unspecified atom stereocenters. The van der Waals surface area contributed by atoms with Gasteiger partial charge in [0.1, 0.15) is 0 Å². The second-order valence-electron chi connectivity index (χ2n) is 5.85. The quantitative estimate of drug-likeness (QED) is 0.354. The van der Waals surface area contributed by atoms with Gasteiger partial charge in [-0.15, -0.1) is 0 Å². The van der Waals surface area contributed by atoms with Gasteiger partial charge in [-0.2, -0.15) is 0 Å². The van der Waals surface area contributed by atoms with Gasteiger partial charge in [0.05, 0.1) is 0 Å². The molecule has 0 aliphatic carbocycles. The van der Waals surface area contributed by atoms with Gasteiger partial charge in [0, 0.05) is 0 Å². The van der Waals surface area contributed by atoms with Gasteiger partial charge in [0.15, 0.2) is 0 Å². The van der Waals surface area contributed by atoms with Crippen molar-refractivity contribution in [3.63, 3.8) is 0 Å². The first-order valence-electron chi connectivity index (χ1n) is 8.53. The highest BCUT2D eigenvalue weighted by atomic mass is 14.0. The Morgan fingerprint density at radius 1 is 0.762 bits per heavy atom. The van der Waals surface area contributed by atoms with Crippen molar-refractivity contribution >= 4 is 10.8 Å². The number of hydrogen-bond acceptors (Lipinski definition) is 0. The average molecular weight is 280 g/mol. The standard InChI is InChI=1S/C21H28/c1-2-3-4-5-6-7-8-9-10-14-19-16-13-17-20-15-11-12-18-21(19)20/h5-6,11-13,15-18H,2-4,7-10,14H2,1H3/b6-5+. The zero-order valence-electron chi connectivity index (χ0n) is 13.4. The number of unbranched alkanes of at least 4 members (excludes halogenated alkanes) is 5. The second-order valence-corrected chi connectivity index (χ2v) is 5.85. The van der Waals surface area contributed by atoms with Gasteiger partial charge in [0.25, 0.3) is 0 Å². The van der Waals surface area contributed by atoms with Gasteiger partial charge in [-0.25, -0.2) is 0 Å². The summed E-state index contributed by atoms with van der Waals surface area (Å²) < 4.78 is 0. The zero-order valence-corrected chi connectivity index (χ0v) is 13.4. The molecule has 0 aliphatic heterocycles. The van der Waals surface area contributed by atoms with Crippen LogP contribution in [-0.4, -0.2) is 0 Å². The lowest BCUT2D eigenvalue weighted by Crippen LogP contribution is -1.88. The summed E-state index contributed by atoms with van der Waals surface area (Å²) in [6, 6.07) is 15.4. The summed E-state index contributed by atoms with van der Waals surface area (Å²) in [6.45, 7) is 2.25. The maximum atomic E-state index is 2.37. The smallest absolute Gasteiger partial charge is 0.0152 e. The summed E-state index contributed by atoms with van der Waals surface area (Å²) >= 11 is 0. The van der Waals surface area contributed by atoms with E-state index < -0.39 is 0 Å². The average Bonchev–Trinajstić information content (AvgIpc) is 2.53. The molecule has 112 valence electrons. The van der Waals surface area contributed by atoms with Gasteiger partial charge in [0.2, 0.25) is 0 Å². The van der Waals surface area contributed by atoms with Crippen molar-refractivity contribution in [2.45, 2.75) is 58.3 Å². The predicted molar refractivity (Wildman–Crippen MR) is 94.8 cm³/mol. The monoisotopic (exact) mass is 280 g/mol. The topological polar surface area (TPSA) is 0 Å². The molecule has 0 bridgehead atoms. The molecular weight excluding hydrogens is 252 g/mol. The van der Waals surface area contributed by atoms with Gasteiger partial charge in [-0.1, -0.05) is 80.8 Å². The fraction of sp³-hybridized carbons (Fsp3) is 0.429. The Bertz CT molecular complexity index is 545. The van der Waals surface area contributed by atoms with Gasteiger partial charge in [-0.05, 0) is 48.4 Å². The first-order chi connectivity index (χ1) is 10.4. The SMILES string of the molecule is CCCC/C=C/CCCCCc1cccc2ccccc12. The van der Waals surface area contributed by atoms with Crippen LogP contribution in [0, 0.1) is 0 Å². The normalized spacial score (nSPS) is 11.5. The van der Waals surface area contributed by atoms with Crippen LogP contribution in [0.5, 0.6) is 0 Å². The maximum absolute atomic E-state index is 2.37. The number of fused-ring (bicyclic) bond motifs is 1. The Balaban J connectivity index is 1.70. The fourth-order valence-corrected chi connectivity index (χ4v) is 2.82. The lowest BCUT2D eigenvalue weighted by molar-refractivity contribution is 0.687. The molecule has 0 nitrogen and oxygen atoms in total. The highest BCUT2D eigenvalue weighted by Gasteiger charge is 1.99. The number of aryl methyl sites for hydroxylation is 1. The van der Waals surface area contributed by atoms with Crippen molar-refractivity contribution in [2.24, 2.45) is 0 Å². The zero-order chi connectivity index (χ0) is 14.8. The van der Waals surface area contributed by atoms with Crippen molar-refractivity contribution < 1.29 is 0 Å². The molecule has 0 aromatic heterocycles. The minimum absolute atomic E-state index is 1.21. The molecule has 0 heterocycles. The van der Waals surface area contributed by atoms with Gasteiger partial charge < -0.3 is 0 Å². The van der Waals surface area contributed by atoms with E-state index in [0.717, 1.165) is 0 Å². The molecule has 21 heavy (non-hydrogen) atoms. The van der Waals surface area contributed by atoms with E-state index in [1.54, 1.807) is 0 Å². The largest absolute Gasteiger partial charge is 0.0885 e. The van der Waals surface area contributed by atoms with Crippen molar-refractivity contribution in [3.05, 3.63) is 60.2 Å². The minimum atomic E-state index is 1.21. The molecule has 2 aromatic carbocycles. The molecular formula is C21H28. The summed E-state index contributed by atoms with van der Waals surface area (Å²) in [5.74, 6) is 0. The van der Waals surface area contributed by atoms with Crippen molar-refractivity contribution in [3.8, 4) is 0 Å². The van der Waals surface area contributed by atoms with Crippen LogP contribution in [-0.2, 0) is 6.42 Å². The molecule has 0 atom stereocenters. The second kappa shape index (κ2) is 9.39. The summed E-state index contributed by atoms with van der Waals surface area (Å²) in [5.41, 5.74) is 1.51. The Hall–Kier alpha value is -1.56. The van der Waals surface area contributed by atoms with Crippen molar-refractivity contribution in [1.29, 1.82) is 0 Å². The van der Waals surface area contributed by atoms with Crippen LogP contribution in [0.25, 0.3) is 10.8 Å². The van der Waals surface area contributed by atoms with Crippen molar-refractivity contribution in [2.75, 3.05) is 0 Å². The minimum Gasteiger partial charge on any atom is -0.0885 e. The van der Waals surface area contributed by atoms with Gasteiger partial charge >= 0.3 is 0 Å². The number of allylic oxidation sites excluding steroid dienone is 2. The highest BCUT2D eigenvalue weighted by molar-refractivity contribution is 5.85. The summed E-state index contributed by atoms with van der Waals surface area (Å²) in [5, 5.41) is 2.80. The molecule has 0 fully saturated rings. The molecule has 0 aliphatic rings. The third kappa shape index (κ3) is 5.38. The van der Waals surface area contributed by atoms with E-state index in [1.165, 1.54) is 67.7 Å². The molecule has 2 aromatic rings. The third-order valence-corrected chi connectivity index (χ3v) is 4.09. The number of benzene rings is 2. The van der Waals surface area contributed by atoms with E-state index >= 15 is 0 Å². The van der Waals surface area contributed by atoms with Crippen LogP contribution in [0.2, 0.25) is 0 Å². The highest BCUT2D eigenvalue weighted by Crippen LogP contribution is 2.20. The Labute approximate surface area is 129 Å².